The topological polar surface area (TPSA) is 36.9 Å². The molecule has 0 radical (unpaired) electrons. The Kier molecular flexibility index (Phi) is 17.9. The van der Waals surface area contributed by atoms with Gasteiger partial charge in [-0.2, -0.15) is 0 Å². The van der Waals surface area contributed by atoms with Crippen LogP contribution in [0.5, 0.6) is 23.0 Å². The summed E-state index contributed by atoms with van der Waals surface area (Å²) in [5, 5.41) is 2.05. The molecule has 3 rings (SSSR count). The van der Waals surface area contributed by atoms with Gasteiger partial charge in [-0.15, -0.1) is 11.3 Å². The van der Waals surface area contributed by atoms with E-state index >= 15 is 0 Å². The highest BCUT2D eigenvalue weighted by atomic mass is 32.1. The molecule has 5 heteroatoms. The van der Waals surface area contributed by atoms with Crippen molar-refractivity contribution in [2.45, 2.75) is 142 Å². The molecule has 4 nitrogen and oxygen atoms in total. The van der Waals surface area contributed by atoms with E-state index < -0.39 is 0 Å². The first-order valence-corrected chi connectivity index (χ1v) is 18.0. The molecule has 2 aromatic rings. The fourth-order valence-corrected chi connectivity index (χ4v) is 6.46. The number of thiophene rings is 1. The zero-order chi connectivity index (χ0) is 28.8. The Morgan fingerprint density at radius 1 is 0.610 bits per heavy atom. The number of hydrogen-bond donors (Lipinski definition) is 0. The summed E-state index contributed by atoms with van der Waals surface area (Å²) < 4.78 is 24.4. The molecule has 0 saturated carbocycles. The molecule has 2 heterocycles. The Balaban J connectivity index is 1.42. The summed E-state index contributed by atoms with van der Waals surface area (Å²) >= 11 is 1.66. The van der Waals surface area contributed by atoms with E-state index in [1.54, 1.807) is 11.3 Å². The number of fused-ring (bicyclic) bond motifs is 1. The van der Waals surface area contributed by atoms with Crippen molar-refractivity contribution < 1.29 is 18.9 Å². The normalized spacial score (nSPS) is 12.5. The van der Waals surface area contributed by atoms with Crippen molar-refractivity contribution in [1.29, 1.82) is 0 Å². The van der Waals surface area contributed by atoms with Gasteiger partial charge in [0.1, 0.15) is 24.7 Å². The molecule has 0 fully saturated rings. The van der Waals surface area contributed by atoms with E-state index in [1.807, 2.05) is 5.38 Å². The first-order chi connectivity index (χ1) is 20.3. The molecule has 1 aromatic carbocycles. The van der Waals surface area contributed by atoms with Crippen molar-refractivity contribution in [1.82, 2.24) is 0 Å². The van der Waals surface area contributed by atoms with Gasteiger partial charge in [0.15, 0.2) is 11.5 Å². The summed E-state index contributed by atoms with van der Waals surface area (Å²) in [7, 11) is 0. The predicted octanol–water partition coefficient (Wildman–Crippen LogP) is 11.8. The maximum Gasteiger partial charge on any atom is 0.180 e. The Morgan fingerprint density at radius 2 is 1.12 bits per heavy atom. The van der Waals surface area contributed by atoms with Gasteiger partial charge in [-0.3, -0.25) is 0 Å². The Hall–Kier alpha value is -1.88. The van der Waals surface area contributed by atoms with Gasteiger partial charge in [0.05, 0.1) is 18.1 Å². The van der Waals surface area contributed by atoms with Crippen LogP contribution in [0.1, 0.15) is 142 Å². The van der Waals surface area contributed by atoms with E-state index in [0.29, 0.717) is 13.2 Å². The predicted molar refractivity (Wildman–Crippen MR) is 175 cm³/mol. The highest BCUT2D eigenvalue weighted by Crippen LogP contribution is 2.49. The number of rotatable bonds is 25. The lowest BCUT2D eigenvalue weighted by atomic mass is 10.1. The highest BCUT2D eigenvalue weighted by molar-refractivity contribution is 7.14. The average Bonchev–Trinajstić information content (AvgIpc) is 3.43. The van der Waals surface area contributed by atoms with Gasteiger partial charge in [-0.25, -0.2) is 0 Å². The minimum absolute atomic E-state index is 0.584. The van der Waals surface area contributed by atoms with Crippen LogP contribution in [0, 0.1) is 0 Å². The second kappa shape index (κ2) is 21.8. The lowest BCUT2D eigenvalue weighted by Crippen LogP contribution is -2.14. The molecular formula is C36H58O4S. The smallest absolute Gasteiger partial charge is 0.180 e. The maximum atomic E-state index is 6.35. The highest BCUT2D eigenvalue weighted by Gasteiger charge is 2.22. The number of unbranched alkanes of at least 4 members (excludes halogenated alkanes) is 18. The second-order valence-corrected chi connectivity index (χ2v) is 12.6. The molecule has 1 aromatic heterocycles. The van der Waals surface area contributed by atoms with Gasteiger partial charge in [-0.05, 0) is 31.0 Å². The largest absolute Gasteiger partial charge is 0.494 e. The first-order valence-electron chi connectivity index (χ1n) is 17.1. The zero-order valence-corrected chi connectivity index (χ0v) is 27.1. The van der Waals surface area contributed by atoms with Crippen LogP contribution in [-0.2, 0) is 0 Å². The Bertz CT molecular complexity index is 924. The standard InChI is InChI=1S/C36H58O4S/c1-3-5-7-9-11-13-15-17-19-21-25-37-31-23-24-33(38-26-22-20-18-16-14-12-10-8-6-4-2)32(29-31)36-35-34(30-41-36)39-27-28-40-35/h23-24,29-30H,3-22,25-28H2,1-2H3. The summed E-state index contributed by atoms with van der Waals surface area (Å²) in [5.74, 6) is 3.50. The van der Waals surface area contributed by atoms with Crippen LogP contribution in [0.3, 0.4) is 0 Å². The maximum absolute atomic E-state index is 6.35. The van der Waals surface area contributed by atoms with E-state index in [4.69, 9.17) is 18.9 Å². The SMILES string of the molecule is CCCCCCCCCCCCOc1ccc(OCCCCCCCCCCCC)c(-c2scc3c2OCCO3)c1. The molecule has 1 aliphatic rings. The fourth-order valence-electron chi connectivity index (χ4n) is 5.50. The van der Waals surface area contributed by atoms with E-state index in [1.165, 1.54) is 116 Å². The second-order valence-electron chi connectivity index (χ2n) is 11.7. The summed E-state index contributed by atoms with van der Waals surface area (Å²) in [4.78, 5) is 1.07. The van der Waals surface area contributed by atoms with Crippen molar-refractivity contribution in [2.75, 3.05) is 26.4 Å². The molecule has 232 valence electrons. The van der Waals surface area contributed by atoms with Crippen molar-refractivity contribution >= 4 is 11.3 Å². The van der Waals surface area contributed by atoms with E-state index in [9.17, 15) is 0 Å². The van der Waals surface area contributed by atoms with Gasteiger partial charge in [0.2, 0.25) is 0 Å². The van der Waals surface area contributed by atoms with E-state index in [-0.39, 0.29) is 0 Å². The average molecular weight is 587 g/mol. The van der Waals surface area contributed by atoms with Crippen LogP contribution >= 0.6 is 11.3 Å². The van der Waals surface area contributed by atoms with Crippen LogP contribution < -0.4 is 18.9 Å². The number of hydrogen-bond acceptors (Lipinski definition) is 5. The van der Waals surface area contributed by atoms with Crippen LogP contribution in [0.25, 0.3) is 10.4 Å². The summed E-state index contributed by atoms with van der Waals surface area (Å²) in [6, 6.07) is 6.27. The van der Waals surface area contributed by atoms with Crippen LogP contribution in [-0.4, -0.2) is 26.4 Å². The summed E-state index contributed by atoms with van der Waals surface area (Å²) in [6.45, 7) is 7.25. The molecule has 0 N–H and O–H groups in total. The van der Waals surface area contributed by atoms with Gasteiger partial charge in [-0.1, -0.05) is 129 Å². The fraction of sp³-hybridized carbons (Fsp3) is 0.722. The molecule has 0 amide bonds. The van der Waals surface area contributed by atoms with Crippen LogP contribution in [0.2, 0.25) is 0 Å². The van der Waals surface area contributed by atoms with Crippen molar-refractivity contribution in [2.24, 2.45) is 0 Å². The molecule has 0 atom stereocenters. The van der Waals surface area contributed by atoms with Crippen LogP contribution in [0.4, 0.5) is 0 Å². The Morgan fingerprint density at radius 3 is 1.71 bits per heavy atom. The third kappa shape index (κ3) is 13.3. The number of benzene rings is 1. The molecule has 0 bridgehead atoms. The monoisotopic (exact) mass is 586 g/mol. The van der Waals surface area contributed by atoms with Crippen molar-refractivity contribution in [3.8, 4) is 33.4 Å². The zero-order valence-electron chi connectivity index (χ0n) is 26.3. The van der Waals surface area contributed by atoms with E-state index in [0.717, 1.165) is 59.5 Å². The minimum atomic E-state index is 0.584. The Labute approximate surface area is 255 Å². The molecule has 0 aliphatic carbocycles. The summed E-state index contributed by atoms with van der Waals surface area (Å²) in [5.41, 5.74) is 1.05. The third-order valence-electron chi connectivity index (χ3n) is 8.02. The first kappa shape index (κ1) is 33.6. The quantitative estimate of drug-likeness (QED) is 0.108. The molecular weight excluding hydrogens is 528 g/mol. The van der Waals surface area contributed by atoms with Gasteiger partial charge in [0, 0.05) is 10.9 Å². The molecule has 0 unspecified atom stereocenters. The molecule has 0 saturated heterocycles. The lowest BCUT2D eigenvalue weighted by Gasteiger charge is -2.18. The molecule has 1 aliphatic heterocycles. The van der Waals surface area contributed by atoms with Crippen LogP contribution in [0.15, 0.2) is 23.6 Å². The van der Waals surface area contributed by atoms with Gasteiger partial charge in [0.25, 0.3) is 0 Å². The molecule has 41 heavy (non-hydrogen) atoms. The molecule has 0 spiro atoms. The summed E-state index contributed by atoms with van der Waals surface area (Å²) in [6.07, 6.45) is 26.6. The minimum Gasteiger partial charge on any atom is -0.494 e. The number of ether oxygens (including phenoxy) is 4. The lowest BCUT2D eigenvalue weighted by molar-refractivity contribution is 0.174. The van der Waals surface area contributed by atoms with Gasteiger partial charge >= 0.3 is 0 Å². The van der Waals surface area contributed by atoms with Crippen molar-refractivity contribution in [3.05, 3.63) is 23.6 Å². The van der Waals surface area contributed by atoms with Crippen molar-refractivity contribution in [3.63, 3.8) is 0 Å². The van der Waals surface area contributed by atoms with Gasteiger partial charge < -0.3 is 18.9 Å². The third-order valence-corrected chi connectivity index (χ3v) is 8.99. The van der Waals surface area contributed by atoms with E-state index in [2.05, 4.69) is 32.0 Å².